The SMILES string of the molecule is CC(Cc1cccs1)NC1CCN(C2CC2)C1. The van der Waals surface area contributed by atoms with Gasteiger partial charge in [0.25, 0.3) is 0 Å². The van der Waals surface area contributed by atoms with Crippen LogP contribution in [0, 0.1) is 0 Å². The van der Waals surface area contributed by atoms with Gasteiger partial charge in [0.15, 0.2) is 0 Å². The Bertz CT molecular complexity index is 345. The molecule has 0 bridgehead atoms. The van der Waals surface area contributed by atoms with Gasteiger partial charge in [0.2, 0.25) is 0 Å². The number of hydrogen-bond donors (Lipinski definition) is 1. The molecule has 1 saturated heterocycles. The molecule has 2 heterocycles. The molecule has 2 unspecified atom stereocenters. The zero-order chi connectivity index (χ0) is 11.7. The van der Waals surface area contributed by atoms with Gasteiger partial charge in [0.1, 0.15) is 0 Å². The fourth-order valence-electron chi connectivity index (χ4n) is 2.89. The van der Waals surface area contributed by atoms with Crippen molar-refractivity contribution >= 4 is 11.3 Å². The van der Waals surface area contributed by atoms with Crippen molar-refractivity contribution < 1.29 is 0 Å². The van der Waals surface area contributed by atoms with Gasteiger partial charge < -0.3 is 5.32 Å². The number of thiophene rings is 1. The van der Waals surface area contributed by atoms with E-state index >= 15 is 0 Å². The molecule has 0 spiro atoms. The number of rotatable bonds is 5. The molecule has 2 fully saturated rings. The molecule has 1 saturated carbocycles. The van der Waals surface area contributed by atoms with Gasteiger partial charge >= 0.3 is 0 Å². The molecule has 3 rings (SSSR count). The van der Waals surface area contributed by atoms with Crippen LogP contribution in [0.4, 0.5) is 0 Å². The molecule has 0 radical (unpaired) electrons. The van der Waals surface area contributed by atoms with Crippen LogP contribution in [0.1, 0.15) is 31.1 Å². The van der Waals surface area contributed by atoms with E-state index in [1.807, 2.05) is 11.3 Å². The minimum Gasteiger partial charge on any atom is -0.310 e. The molecule has 3 heteroatoms. The topological polar surface area (TPSA) is 15.3 Å². The van der Waals surface area contributed by atoms with E-state index in [9.17, 15) is 0 Å². The fraction of sp³-hybridized carbons (Fsp3) is 0.714. The first kappa shape index (κ1) is 11.7. The molecule has 2 atom stereocenters. The highest BCUT2D eigenvalue weighted by atomic mass is 32.1. The lowest BCUT2D eigenvalue weighted by molar-refractivity contribution is 0.313. The Morgan fingerprint density at radius 2 is 2.35 bits per heavy atom. The molecule has 1 aromatic heterocycles. The summed E-state index contributed by atoms with van der Waals surface area (Å²) in [6.45, 7) is 4.91. The highest BCUT2D eigenvalue weighted by Crippen LogP contribution is 2.29. The van der Waals surface area contributed by atoms with Gasteiger partial charge in [0, 0.05) is 36.1 Å². The molecule has 1 aliphatic heterocycles. The van der Waals surface area contributed by atoms with Crippen molar-refractivity contribution in [2.24, 2.45) is 0 Å². The van der Waals surface area contributed by atoms with Crippen LogP contribution in [0.15, 0.2) is 17.5 Å². The normalized spacial score (nSPS) is 27.5. The number of likely N-dealkylation sites (tertiary alicyclic amines) is 1. The van der Waals surface area contributed by atoms with Crippen molar-refractivity contribution in [1.82, 2.24) is 10.2 Å². The Balaban J connectivity index is 1.43. The molecule has 0 aromatic carbocycles. The monoisotopic (exact) mass is 250 g/mol. The van der Waals surface area contributed by atoms with Gasteiger partial charge in [-0.3, -0.25) is 4.90 Å². The predicted octanol–water partition coefficient (Wildman–Crippen LogP) is 2.51. The maximum atomic E-state index is 3.79. The van der Waals surface area contributed by atoms with Gasteiger partial charge in [-0.1, -0.05) is 6.07 Å². The Hall–Kier alpha value is -0.380. The second-order valence-corrected chi connectivity index (χ2v) is 6.60. The minimum atomic E-state index is 0.609. The van der Waals surface area contributed by atoms with Crippen molar-refractivity contribution in [3.63, 3.8) is 0 Å². The zero-order valence-electron chi connectivity index (χ0n) is 10.6. The van der Waals surface area contributed by atoms with Crippen LogP contribution in [0.25, 0.3) is 0 Å². The molecule has 2 nitrogen and oxygen atoms in total. The molecule has 2 aliphatic rings. The Morgan fingerprint density at radius 1 is 1.47 bits per heavy atom. The van der Waals surface area contributed by atoms with Crippen LogP contribution in [0.3, 0.4) is 0 Å². The maximum absolute atomic E-state index is 3.79. The average Bonchev–Trinajstić information content (AvgIpc) is 2.84. The molecule has 1 aliphatic carbocycles. The second kappa shape index (κ2) is 5.09. The lowest BCUT2D eigenvalue weighted by atomic mass is 10.1. The van der Waals surface area contributed by atoms with Gasteiger partial charge in [0.05, 0.1) is 0 Å². The molecule has 17 heavy (non-hydrogen) atoms. The lowest BCUT2D eigenvalue weighted by Gasteiger charge is -2.20. The Kier molecular flexibility index (Phi) is 3.50. The van der Waals surface area contributed by atoms with Gasteiger partial charge in [-0.15, -0.1) is 11.3 Å². The number of hydrogen-bond acceptors (Lipinski definition) is 3. The van der Waals surface area contributed by atoms with E-state index in [2.05, 4.69) is 34.7 Å². The van der Waals surface area contributed by atoms with Gasteiger partial charge in [-0.05, 0) is 44.1 Å². The Morgan fingerprint density at radius 3 is 3.06 bits per heavy atom. The van der Waals surface area contributed by atoms with E-state index in [1.54, 1.807) is 0 Å². The number of nitrogens with zero attached hydrogens (tertiary/aromatic N) is 1. The van der Waals surface area contributed by atoms with Gasteiger partial charge in [-0.2, -0.15) is 0 Å². The first-order valence-electron chi connectivity index (χ1n) is 6.84. The lowest BCUT2D eigenvalue weighted by Crippen LogP contribution is -2.39. The molecule has 1 aromatic rings. The first-order chi connectivity index (χ1) is 8.31. The molecule has 0 amide bonds. The van der Waals surface area contributed by atoms with Crippen molar-refractivity contribution in [3.8, 4) is 0 Å². The summed E-state index contributed by atoms with van der Waals surface area (Å²) in [6.07, 6.45) is 5.40. The van der Waals surface area contributed by atoms with E-state index in [0.717, 1.165) is 12.1 Å². The van der Waals surface area contributed by atoms with Crippen LogP contribution in [-0.4, -0.2) is 36.1 Å². The zero-order valence-corrected chi connectivity index (χ0v) is 11.4. The maximum Gasteiger partial charge on any atom is 0.0209 e. The van der Waals surface area contributed by atoms with Crippen molar-refractivity contribution in [3.05, 3.63) is 22.4 Å². The summed E-state index contributed by atoms with van der Waals surface area (Å²) >= 11 is 1.87. The van der Waals surface area contributed by atoms with Crippen LogP contribution in [-0.2, 0) is 6.42 Å². The van der Waals surface area contributed by atoms with E-state index in [0.29, 0.717) is 6.04 Å². The third kappa shape index (κ3) is 3.09. The van der Waals surface area contributed by atoms with Gasteiger partial charge in [-0.25, -0.2) is 0 Å². The molecule has 1 N–H and O–H groups in total. The van der Waals surface area contributed by atoms with Crippen LogP contribution >= 0.6 is 11.3 Å². The van der Waals surface area contributed by atoms with Crippen molar-refractivity contribution in [2.45, 2.75) is 50.7 Å². The summed E-state index contributed by atoms with van der Waals surface area (Å²) in [5, 5.41) is 5.97. The van der Waals surface area contributed by atoms with E-state index in [1.165, 1.54) is 43.6 Å². The molecular formula is C14H22N2S. The smallest absolute Gasteiger partial charge is 0.0209 e. The standard InChI is InChI=1S/C14H22N2S/c1-11(9-14-3-2-8-17-14)15-12-6-7-16(10-12)13-4-5-13/h2-3,8,11-13,15H,4-7,9-10H2,1H3. The quantitative estimate of drug-likeness (QED) is 0.864. The first-order valence-corrected chi connectivity index (χ1v) is 7.71. The van der Waals surface area contributed by atoms with Crippen molar-refractivity contribution in [2.75, 3.05) is 13.1 Å². The summed E-state index contributed by atoms with van der Waals surface area (Å²) < 4.78 is 0. The van der Waals surface area contributed by atoms with Crippen LogP contribution in [0.2, 0.25) is 0 Å². The highest BCUT2D eigenvalue weighted by Gasteiger charge is 2.34. The third-order valence-corrected chi connectivity index (χ3v) is 4.79. The summed E-state index contributed by atoms with van der Waals surface area (Å²) in [5.41, 5.74) is 0. The summed E-state index contributed by atoms with van der Waals surface area (Å²) in [6, 6.07) is 6.67. The summed E-state index contributed by atoms with van der Waals surface area (Å²) in [5.74, 6) is 0. The summed E-state index contributed by atoms with van der Waals surface area (Å²) in [4.78, 5) is 4.18. The fourth-order valence-corrected chi connectivity index (χ4v) is 3.72. The third-order valence-electron chi connectivity index (χ3n) is 3.89. The minimum absolute atomic E-state index is 0.609. The van der Waals surface area contributed by atoms with Crippen LogP contribution < -0.4 is 5.32 Å². The van der Waals surface area contributed by atoms with E-state index in [4.69, 9.17) is 0 Å². The number of nitrogens with one attached hydrogen (secondary N) is 1. The van der Waals surface area contributed by atoms with Crippen LogP contribution in [0.5, 0.6) is 0 Å². The summed E-state index contributed by atoms with van der Waals surface area (Å²) in [7, 11) is 0. The van der Waals surface area contributed by atoms with E-state index in [-0.39, 0.29) is 0 Å². The molecule has 94 valence electrons. The van der Waals surface area contributed by atoms with E-state index < -0.39 is 0 Å². The molecular weight excluding hydrogens is 228 g/mol. The Labute approximate surface area is 108 Å². The predicted molar refractivity (Wildman–Crippen MR) is 73.6 cm³/mol. The second-order valence-electron chi connectivity index (χ2n) is 5.56. The largest absolute Gasteiger partial charge is 0.310 e. The van der Waals surface area contributed by atoms with Crippen molar-refractivity contribution in [1.29, 1.82) is 0 Å². The highest BCUT2D eigenvalue weighted by molar-refractivity contribution is 7.09. The average molecular weight is 250 g/mol.